The van der Waals surface area contributed by atoms with E-state index in [2.05, 4.69) is 17.9 Å². The monoisotopic (exact) mass is 275 g/mol. The van der Waals surface area contributed by atoms with Gasteiger partial charge in [-0.25, -0.2) is 4.39 Å². The molecule has 108 valence electrons. The summed E-state index contributed by atoms with van der Waals surface area (Å²) in [4.78, 5) is 2.37. The van der Waals surface area contributed by atoms with Gasteiger partial charge >= 0.3 is 0 Å². The Hall–Kier alpha value is -1.44. The van der Waals surface area contributed by atoms with E-state index in [9.17, 15) is 4.39 Å². The molecule has 0 aromatic heterocycles. The third-order valence-corrected chi connectivity index (χ3v) is 4.23. The SMILES string of the molecule is CCN(Cc1ccc(F)cc1C#N)C1CCC(N)CC1. The maximum Gasteiger partial charge on any atom is 0.124 e. The van der Waals surface area contributed by atoms with Crippen molar-refractivity contribution < 1.29 is 4.39 Å². The molecule has 4 heteroatoms. The Bertz CT molecular complexity index is 487. The van der Waals surface area contributed by atoms with Crippen molar-refractivity contribution in [3.63, 3.8) is 0 Å². The molecule has 1 aromatic rings. The third kappa shape index (κ3) is 3.56. The zero-order valence-corrected chi connectivity index (χ0v) is 12.0. The molecule has 2 N–H and O–H groups in total. The Morgan fingerprint density at radius 2 is 2.05 bits per heavy atom. The summed E-state index contributed by atoms with van der Waals surface area (Å²) in [6.45, 7) is 3.77. The molecule has 0 saturated heterocycles. The molecule has 0 heterocycles. The standard InChI is InChI=1S/C16H22FN3/c1-2-20(16-7-5-15(19)6-8-16)11-12-3-4-14(17)9-13(12)10-18/h3-4,9,15-16H,2,5-8,11,19H2,1H3. The van der Waals surface area contributed by atoms with Gasteiger partial charge in [-0.3, -0.25) is 4.90 Å². The number of nitrogens with two attached hydrogens (primary N) is 1. The number of nitriles is 1. The van der Waals surface area contributed by atoms with Gasteiger partial charge in [0.05, 0.1) is 11.6 Å². The number of hydrogen-bond donors (Lipinski definition) is 1. The summed E-state index contributed by atoms with van der Waals surface area (Å²) in [6, 6.07) is 7.43. The summed E-state index contributed by atoms with van der Waals surface area (Å²) in [5, 5.41) is 9.12. The Kier molecular flexibility index (Phi) is 5.11. The van der Waals surface area contributed by atoms with Gasteiger partial charge in [-0.15, -0.1) is 0 Å². The van der Waals surface area contributed by atoms with Crippen LogP contribution in [0.2, 0.25) is 0 Å². The van der Waals surface area contributed by atoms with Crippen molar-refractivity contribution in [1.29, 1.82) is 5.26 Å². The normalized spacial score (nSPS) is 22.8. The van der Waals surface area contributed by atoms with Crippen LogP contribution in [0.4, 0.5) is 4.39 Å². The van der Waals surface area contributed by atoms with Gasteiger partial charge < -0.3 is 5.73 Å². The zero-order valence-electron chi connectivity index (χ0n) is 12.0. The van der Waals surface area contributed by atoms with Crippen LogP contribution in [0.15, 0.2) is 18.2 Å². The highest BCUT2D eigenvalue weighted by Crippen LogP contribution is 2.24. The van der Waals surface area contributed by atoms with Gasteiger partial charge in [0.25, 0.3) is 0 Å². The molecule has 2 rings (SSSR count). The fourth-order valence-corrected chi connectivity index (χ4v) is 2.98. The van der Waals surface area contributed by atoms with Crippen LogP contribution in [-0.4, -0.2) is 23.5 Å². The molecule has 0 spiro atoms. The van der Waals surface area contributed by atoms with Crippen molar-refractivity contribution in [2.45, 2.75) is 51.2 Å². The fourth-order valence-electron chi connectivity index (χ4n) is 2.98. The molecule has 1 aliphatic carbocycles. The second kappa shape index (κ2) is 6.83. The van der Waals surface area contributed by atoms with Crippen molar-refractivity contribution in [1.82, 2.24) is 4.90 Å². The Labute approximate surface area is 120 Å². The molecule has 0 aliphatic heterocycles. The zero-order chi connectivity index (χ0) is 14.5. The smallest absolute Gasteiger partial charge is 0.124 e. The van der Waals surface area contributed by atoms with Crippen molar-refractivity contribution in [3.05, 3.63) is 35.1 Å². The predicted molar refractivity (Wildman–Crippen MR) is 77.4 cm³/mol. The largest absolute Gasteiger partial charge is 0.328 e. The lowest BCUT2D eigenvalue weighted by molar-refractivity contribution is 0.149. The average Bonchev–Trinajstić information content (AvgIpc) is 2.47. The van der Waals surface area contributed by atoms with Crippen molar-refractivity contribution in [2.24, 2.45) is 5.73 Å². The van der Waals surface area contributed by atoms with E-state index in [0.717, 1.165) is 37.8 Å². The lowest BCUT2D eigenvalue weighted by Gasteiger charge is -2.35. The van der Waals surface area contributed by atoms with E-state index in [0.29, 0.717) is 24.2 Å². The van der Waals surface area contributed by atoms with Crippen LogP contribution in [0.3, 0.4) is 0 Å². The highest BCUT2D eigenvalue weighted by atomic mass is 19.1. The maximum absolute atomic E-state index is 13.2. The second-order valence-corrected chi connectivity index (χ2v) is 5.54. The summed E-state index contributed by atoms with van der Waals surface area (Å²) in [5.74, 6) is -0.350. The summed E-state index contributed by atoms with van der Waals surface area (Å²) in [7, 11) is 0. The maximum atomic E-state index is 13.2. The molecule has 0 bridgehead atoms. The number of hydrogen-bond acceptors (Lipinski definition) is 3. The third-order valence-electron chi connectivity index (χ3n) is 4.23. The van der Waals surface area contributed by atoms with Crippen LogP contribution in [0.25, 0.3) is 0 Å². The Balaban J connectivity index is 2.08. The molecule has 3 nitrogen and oxygen atoms in total. The lowest BCUT2D eigenvalue weighted by atomic mass is 9.90. The fraction of sp³-hybridized carbons (Fsp3) is 0.562. The number of halogens is 1. The molecular weight excluding hydrogens is 253 g/mol. The number of benzene rings is 1. The average molecular weight is 275 g/mol. The van der Waals surface area contributed by atoms with E-state index < -0.39 is 0 Å². The van der Waals surface area contributed by atoms with Crippen molar-refractivity contribution in [2.75, 3.05) is 6.54 Å². The molecule has 0 radical (unpaired) electrons. The minimum absolute atomic E-state index is 0.338. The molecule has 0 atom stereocenters. The topological polar surface area (TPSA) is 53.0 Å². The first-order chi connectivity index (χ1) is 9.63. The minimum atomic E-state index is -0.350. The van der Waals surface area contributed by atoms with Gasteiger partial charge in [-0.2, -0.15) is 5.26 Å². The van der Waals surface area contributed by atoms with E-state index in [4.69, 9.17) is 11.0 Å². The quantitative estimate of drug-likeness (QED) is 0.919. The predicted octanol–water partition coefficient (Wildman–Crippen LogP) is 2.79. The molecule has 1 aliphatic rings. The van der Waals surface area contributed by atoms with E-state index in [-0.39, 0.29) is 5.82 Å². The molecular formula is C16H22FN3. The van der Waals surface area contributed by atoms with Gasteiger partial charge in [0, 0.05) is 18.6 Å². The van der Waals surface area contributed by atoms with Crippen LogP contribution in [0, 0.1) is 17.1 Å². The summed E-state index contributed by atoms with van der Waals surface area (Å²) < 4.78 is 13.2. The van der Waals surface area contributed by atoms with Gasteiger partial charge in [0.1, 0.15) is 5.82 Å². The number of rotatable bonds is 4. The van der Waals surface area contributed by atoms with Crippen molar-refractivity contribution in [3.8, 4) is 6.07 Å². The Morgan fingerprint density at radius 1 is 1.35 bits per heavy atom. The van der Waals surface area contributed by atoms with E-state index in [1.807, 2.05) is 0 Å². The van der Waals surface area contributed by atoms with E-state index >= 15 is 0 Å². The van der Waals surface area contributed by atoms with Crippen LogP contribution in [-0.2, 0) is 6.54 Å². The summed E-state index contributed by atoms with van der Waals surface area (Å²) >= 11 is 0. The molecule has 0 unspecified atom stereocenters. The van der Waals surface area contributed by atoms with Gasteiger partial charge in [0.15, 0.2) is 0 Å². The molecule has 20 heavy (non-hydrogen) atoms. The lowest BCUT2D eigenvalue weighted by Crippen LogP contribution is -2.40. The second-order valence-electron chi connectivity index (χ2n) is 5.54. The number of nitrogens with zero attached hydrogens (tertiary/aromatic N) is 2. The minimum Gasteiger partial charge on any atom is -0.328 e. The van der Waals surface area contributed by atoms with Gasteiger partial charge in [-0.05, 0) is 49.9 Å². The highest BCUT2D eigenvalue weighted by Gasteiger charge is 2.23. The first-order valence-corrected chi connectivity index (χ1v) is 7.32. The van der Waals surface area contributed by atoms with Crippen molar-refractivity contribution >= 4 is 0 Å². The molecule has 0 amide bonds. The summed E-state index contributed by atoms with van der Waals surface area (Å²) in [6.07, 6.45) is 4.35. The van der Waals surface area contributed by atoms with Gasteiger partial charge in [0.2, 0.25) is 0 Å². The molecule has 1 aromatic carbocycles. The molecule has 1 saturated carbocycles. The van der Waals surface area contributed by atoms with E-state index in [1.54, 1.807) is 6.07 Å². The Morgan fingerprint density at radius 3 is 2.65 bits per heavy atom. The van der Waals surface area contributed by atoms with Crippen LogP contribution >= 0.6 is 0 Å². The van der Waals surface area contributed by atoms with E-state index in [1.165, 1.54) is 12.1 Å². The summed E-state index contributed by atoms with van der Waals surface area (Å²) in [5.41, 5.74) is 7.30. The van der Waals surface area contributed by atoms with Crippen LogP contribution in [0.1, 0.15) is 43.7 Å². The first-order valence-electron chi connectivity index (χ1n) is 7.32. The highest BCUT2D eigenvalue weighted by molar-refractivity contribution is 5.37. The molecule has 1 fully saturated rings. The van der Waals surface area contributed by atoms with Crippen LogP contribution < -0.4 is 5.73 Å². The van der Waals surface area contributed by atoms with Crippen LogP contribution in [0.5, 0.6) is 0 Å². The first kappa shape index (κ1) is 15.0. The van der Waals surface area contributed by atoms with Gasteiger partial charge in [-0.1, -0.05) is 13.0 Å².